The number of hydrogen-bond acceptors (Lipinski definition) is 6. The zero-order valence-corrected chi connectivity index (χ0v) is 17.2. The molecule has 0 aliphatic heterocycles. The molecule has 0 N–H and O–H groups in total. The van der Waals surface area contributed by atoms with Crippen LogP contribution in [0.5, 0.6) is 0 Å². The minimum Gasteiger partial charge on any atom is -0.464 e. The van der Waals surface area contributed by atoms with E-state index in [2.05, 4.69) is 30.7 Å². The van der Waals surface area contributed by atoms with Gasteiger partial charge in [-0.25, -0.2) is 22.9 Å². The number of halogens is 4. The van der Waals surface area contributed by atoms with E-state index in [-0.39, 0.29) is 22.3 Å². The van der Waals surface area contributed by atoms with E-state index in [1.807, 2.05) is 0 Å². The second-order valence-electron chi connectivity index (χ2n) is 5.86. The number of carbonyl (C=O) groups excluding carboxylic acids is 1. The molecule has 3 rings (SSSR count). The van der Waals surface area contributed by atoms with Crippen molar-refractivity contribution < 1.29 is 31.1 Å². The second-order valence-corrected chi connectivity index (χ2v) is 8.48. The van der Waals surface area contributed by atoms with Crippen molar-refractivity contribution in [3.8, 4) is 0 Å². The van der Waals surface area contributed by atoms with Crippen LogP contribution in [-0.2, 0) is 34.8 Å². The maximum atomic E-state index is 13.6. The summed E-state index contributed by atoms with van der Waals surface area (Å²) in [7, 11) is -3.60. The van der Waals surface area contributed by atoms with Gasteiger partial charge in [-0.1, -0.05) is 0 Å². The monoisotopic (exact) mass is 491 g/mol. The van der Waals surface area contributed by atoms with Crippen LogP contribution in [0.1, 0.15) is 27.2 Å². The number of carbonyl (C=O) groups is 1. The minimum atomic E-state index is -4.69. The van der Waals surface area contributed by atoms with Gasteiger partial charge in [0, 0.05) is 21.8 Å². The van der Waals surface area contributed by atoms with Gasteiger partial charge < -0.3 is 4.74 Å². The third-order valence-corrected chi connectivity index (χ3v) is 6.25. The predicted molar refractivity (Wildman–Crippen MR) is 100 cm³/mol. The first-order valence-corrected chi connectivity index (χ1v) is 10.2. The van der Waals surface area contributed by atoms with E-state index in [4.69, 9.17) is 0 Å². The van der Waals surface area contributed by atoms with Gasteiger partial charge in [-0.3, -0.25) is 0 Å². The summed E-state index contributed by atoms with van der Waals surface area (Å²) in [6.45, 7) is -3.58. The SMILES string of the molecule is COC(=O)c1nn(S(=O)(=O)c2c(CF)cc(CF)cc2CF)c2ncc(Br)cc12. The fourth-order valence-electron chi connectivity index (χ4n) is 2.89. The molecule has 0 saturated heterocycles. The molecule has 2 aromatic heterocycles. The van der Waals surface area contributed by atoms with Crippen LogP contribution in [0.3, 0.4) is 0 Å². The Morgan fingerprint density at radius 1 is 1.14 bits per heavy atom. The minimum absolute atomic E-state index is 0.0544. The van der Waals surface area contributed by atoms with Crippen molar-refractivity contribution in [2.75, 3.05) is 7.11 Å². The van der Waals surface area contributed by atoms with Gasteiger partial charge in [0.15, 0.2) is 11.3 Å². The lowest BCUT2D eigenvalue weighted by atomic mass is 10.1. The van der Waals surface area contributed by atoms with E-state index >= 15 is 0 Å². The number of nitrogens with zero attached hydrogens (tertiary/aromatic N) is 3. The summed E-state index contributed by atoms with van der Waals surface area (Å²) in [4.78, 5) is 15.3. The number of methoxy groups -OCH3 is 1. The smallest absolute Gasteiger partial charge is 0.359 e. The summed E-state index contributed by atoms with van der Waals surface area (Å²) in [6, 6.07) is 3.41. The van der Waals surface area contributed by atoms with E-state index in [0.29, 0.717) is 8.56 Å². The Morgan fingerprint density at radius 2 is 1.76 bits per heavy atom. The Morgan fingerprint density at radius 3 is 2.28 bits per heavy atom. The molecule has 29 heavy (non-hydrogen) atoms. The molecule has 2 heterocycles. The van der Waals surface area contributed by atoms with E-state index in [1.165, 1.54) is 12.3 Å². The molecule has 3 aromatic rings. The molecule has 0 radical (unpaired) electrons. The lowest BCUT2D eigenvalue weighted by Gasteiger charge is -2.14. The van der Waals surface area contributed by atoms with E-state index < -0.39 is 52.0 Å². The molecule has 154 valence electrons. The molecule has 0 amide bonds. The molecule has 0 atom stereocenters. The lowest BCUT2D eigenvalue weighted by molar-refractivity contribution is 0.0596. The summed E-state index contributed by atoms with van der Waals surface area (Å²) >= 11 is 3.17. The Hall–Kier alpha value is -2.47. The molecule has 0 aliphatic rings. The quantitative estimate of drug-likeness (QED) is 0.489. The average molecular weight is 492 g/mol. The largest absolute Gasteiger partial charge is 0.464 e. The number of aromatic nitrogens is 3. The maximum Gasteiger partial charge on any atom is 0.359 e. The number of benzene rings is 1. The van der Waals surface area contributed by atoms with Crippen LogP contribution >= 0.6 is 15.9 Å². The zero-order chi connectivity index (χ0) is 21.3. The Bertz CT molecular complexity index is 1190. The first-order chi connectivity index (χ1) is 13.8. The molecule has 0 aliphatic carbocycles. The molecule has 1 aromatic carbocycles. The molecule has 0 fully saturated rings. The number of esters is 1. The predicted octanol–water partition coefficient (Wildman–Crippen LogP) is 3.63. The molecule has 0 spiro atoms. The average Bonchev–Trinajstić information content (AvgIpc) is 3.11. The summed E-state index contributed by atoms with van der Waals surface area (Å²) < 4.78 is 72.2. The van der Waals surface area contributed by atoms with E-state index in [9.17, 15) is 26.4 Å². The summed E-state index contributed by atoms with van der Waals surface area (Å²) in [5.41, 5.74) is -1.49. The highest BCUT2D eigenvalue weighted by molar-refractivity contribution is 9.10. The zero-order valence-electron chi connectivity index (χ0n) is 14.8. The summed E-state index contributed by atoms with van der Waals surface area (Å²) in [6.07, 6.45) is 1.27. The first-order valence-electron chi connectivity index (χ1n) is 7.99. The van der Waals surface area contributed by atoms with Crippen LogP contribution in [-0.4, -0.2) is 35.7 Å². The highest BCUT2D eigenvalue weighted by Crippen LogP contribution is 2.30. The van der Waals surface area contributed by atoms with Gasteiger partial charge in [0.2, 0.25) is 0 Å². The third-order valence-electron chi connectivity index (χ3n) is 4.07. The second kappa shape index (κ2) is 8.11. The lowest BCUT2D eigenvalue weighted by Crippen LogP contribution is -2.19. The molecular weight excluding hydrogens is 479 g/mol. The van der Waals surface area contributed by atoms with Gasteiger partial charge in [0.05, 0.1) is 12.5 Å². The molecule has 7 nitrogen and oxygen atoms in total. The third kappa shape index (κ3) is 3.62. The Balaban J connectivity index is 2.37. The first kappa shape index (κ1) is 21.2. The van der Waals surface area contributed by atoms with Crippen molar-refractivity contribution in [1.82, 2.24) is 14.2 Å². The molecule has 12 heteroatoms. The molecule has 0 saturated carbocycles. The van der Waals surface area contributed by atoms with Crippen molar-refractivity contribution in [3.63, 3.8) is 0 Å². The molecular formula is C17H13BrF3N3O4S. The van der Waals surface area contributed by atoms with Gasteiger partial charge in [0.25, 0.3) is 10.0 Å². The highest BCUT2D eigenvalue weighted by Gasteiger charge is 2.31. The Labute approximate surface area is 171 Å². The van der Waals surface area contributed by atoms with Crippen molar-refractivity contribution in [2.45, 2.75) is 24.9 Å². The van der Waals surface area contributed by atoms with Crippen LogP contribution in [0.4, 0.5) is 13.2 Å². The standard InChI is InChI=1S/C17H13BrF3N3O4S/c1-28-17(25)14-13-4-12(18)8-22-16(13)24(23-14)29(26,27)15-10(6-20)2-9(5-19)3-11(15)7-21/h2-4,8H,5-7H2,1H3. The summed E-state index contributed by atoms with van der Waals surface area (Å²) in [5, 5.41) is 3.85. The number of fused-ring (bicyclic) bond motifs is 1. The topological polar surface area (TPSA) is 91.1 Å². The highest BCUT2D eigenvalue weighted by atomic mass is 79.9. The fraction of sp³-hybridized carbons (Fsp3) is 0.235. The van der Waals surface area contributed by atoms with Crippen LogP contribution in [0.15, 0.2) is 33.8 Å². The van der Waals surface area contributed by atoms with E-state index in [1.54, 1.807) is 0 Å². The van der Waals surface area contributed by atoms with Crippen LogP contribution in [0, 0.1) is 0 Å². The van der Waals surface area contributed by atoms with Gasteiger partial charge >= 0.3 is 5.97 Å². The van der Waals surface area contributed by atoms with Crippen LogP contribution in [0.25, 0.3) is 11.0 Å². The van der Waals surface area contributed by atoms with Crippen molar-refractivity contribution in [3.05, 3.63) is 51.3 Å². The number of pyridine rings is 1. The molecule has 0 unspecified atom stereocenters. The maximum absolute atomic E-state index is 13.6. The van der Waals surface area contributed by atoms with Crippen LogP contribution < -0.4 is 0 Å². The number of rotatable bonds is 6. The van der Waals surface area contributed by atoms with Gasteiger partial charge in [-0.05, 0) is 39.7 Å². The normalized spacial score (nSPS) is 11.8. The Kier molecular flexibility index (Phi) is 5.94. The van der Waals surface area contributed by atoms with Gasteiger partial charge in [0.1, 0.15) is 24.9 Å². The van der Waals surface area contributed by atoms with Gasteiger partial charge in [-0.2, -0.15) is 8.42 Å². The summed E-state index contributed by atoms with van der Waals surface area (Å²) in [5.74, 6) is -0.923. The van der Waals surface area contributed by atoms with Gasteiger partial charge in [-0.15, -0.1) is 9.19 Å². The van der Waals surface area contributed by atoms with E-state index in [0.717, 1.165) is 19.2 Å². The van der Waals surface area contributed by atoms with Crippen molar-refractivity contribution in [1.29, 1.82) is 0 Å². The van der Waals surface area contributed by atoms with Crippen molar-refractivity contribution in [2.24, 2.45) is 0 Å². The van der Waals surface area contributed by atoms with Crippen molar-refractivity contribution >= 4 is 43.0 Å². The number of alkyl halides is 3. The number of ether oxygens (including phenoxy) is 1. The van der Waals surface area contributed by atoms with Crippen LogP contribution in [0.2, 0.25) is 0 Å². The fourth-order valence-corrected chi connectivity index (χ4v) is 4.84. The molecule has 0 bridgehead atoms. The number of hydrogen-bond donors (Lipinski definition) is 0.